The number of benzene rings is 3. The van der Waals surface area contributed by atoms with E-state index in [0.717, 1.165) is 54.6 Å². The number of ether oxygens (including phenoxy) is 2. The third-order valence-electron chi connectivity index (χ3n) is 5.67. The highest BCUT2D eigenvalue weighted by Crippen LogP contribution is 2.28. The van der Waals surface area contributed by atoms with Gasteiger partial charge in [0.05, 0.1) is 36.9 Å². The largest absolute Gasteiger partial charge is 0.497 e. The van der Waals surface area contributed by atoms with Gasteiger partial charge < -0.3 is 14.4 Å². The van der Waals surface area contributed by atoms with Crippen molar-refractivity contribution < 1.29 is 9.47 Å². The van der Waals surface area contributed by atoms with Crippen LogP contribution in [0, 0.1) is 0 Å². The van der Waals surface area contributed by atoms with Crippen LogP contribution in [0.4, 0.5) is 5.69 Å². The molecule has 0 spiro atoms. The molecule has 0 saturated carbocycles. The van der Waals surface area contributed by atoms with E-state index >= 15 is 0 Å². The average molecular weight is 413 g/mol. The van der Waals surface area contributed by atoms with Crippen molar-refractivity contribution in [2.24, 2.45) is 0 Å². The number of rotatable bonds is 4. The standard InChI is InChI=1S/C25H23N3O3/c1-30-21-5-2-4-18(16-21)22-6-3-7-23-24(22)26-17-28(25(23)29)20-10-8-19(9-11-20)27-12-14-31-15-13-27/h2-11,16-17H,12-15H2,1H3. The van der Waals surface area contributed by atoms with Gasteiger partial charge in [-0.3, -0.25) is 9.36 Å². The van der Waals surface area contributed by atoms with Gasteiger partial charge in [0.2, 0.25) is 0 Å². The van der Waals surface area contributed by atoms with E-state index in [1.165, 1.54) is 0 Å². The predicted octanol–water partition coefficient (Wildman–Crippen LogP) is 3.90. The van der Waals surface area contributed by atoms with Crippen molar-refractivity contribution in [3.05, 3.63) is 83.4 Å². The summed E-state index contributed by atoms with van der Waals surface area (Å²) in [6.45, 7) is 3.24. The molecular formula is C25H23N3O3. The van der Waals surface area contributed by atoms with Gasteiger partial charge in [-0.2, -0.15) is 0 Å². The summed E-state index contributed by atoms with van der Waals surface area (Å²) < 4.78 is 12.4. The van der Waals surface area contributed by atoms with Crippen molar-refractivity contribution in [1.82, 2.24) is 9.55 Å². The van der Waals surface area contributed by atoms with Crippen LogP contribution in [0.5, 0.6) is 5.75 Å². The molecular weight excluding hydrogens is 390 g/mol. The highest BCUT2D eigenvalue weighted by Gasteiger charge is 2.13. The zero-order valence-electron chi connectivity index (χ0n) is 17.3. The minimum Gasteiger partial charge on any atom is -0.497 e. The van der Waals surface area contributed by atoms with Crippen LogP contribution in [0.3, 0.4) is 0 Å². The lowest BCUT2D eigenvalue weighted by molar-refractivity contribution is 0.122. The number of morpholine rings is 1. The molecule has 6 heteroatoms. The number of methoxy groups -OCH3 is 1. The lowest BCUT2D eigenvalue weighted by Gasteiger charge is -2.28. The van der Waals surface area contributed by atoms with Gasteiger partial charge in [-0.05, 0) is 48.0 Å². The van der Waals surface area contributed by atoms with Gasteiger partial charge in [0.1, 0.15) is 12.1 Å². The topological polar surface area (TPSA) is 56.6 Å². The van der Waals surface area contributed by atoms with Crippen LogP contribution in [0.15, 0.2) is 77.9 Å². The third kappa shape index (κ3) is 3.66. The maximum Gasteiger partial charge on any atom is 0.265 e. The molecule has 1 saturated heterocycles. The van der Waals surface area contributed by atoms with Crippen LogP contribution in [0.1, 0.15) is 0 Å². The van der Waals surface area contributed by atoms with E-state index in [4.69, 9.17) is 9.47 Å². The molecule has 1 aliphatic heterocycles. The number of hydrogen-bond donors (Lipinski definition) is 0. The fraction of sp³-hybridized carbons (Fsp3) is 0.200. The normalized spacial score (nSPS) is 14.0. The fourth-order valence-corrected chi connectivity index (χ4v) is 4.01. The van der Waals surface area contributed by atoms with E-state index in [1.807, 2.05) is 66.7 Å². The van der Waals surface area contributed by atoms with E-state index in [9.17, 15) is 4.79 Å². The molecule has 0 atom stereocenters. The quantitative estimate of drug-likeness (QED) is 0.508. The highest BCUT2D eigenvalue weighted by atomic mass is 16.5. The summed E-state index contributed by atoms with van der Waals surface area (Å²) in [5, 5.41) is 0.583. The molecule has 156 valence electrons. The predicted molar refractivity (Wildman–Crippen MR) is 122 cm³/mol. The van der Waals surface area contributed by atoms with Gasteiger partial charge >= 0.3 is 0 Å². The van der Waals surface area contributed by atoms with Crippen molar-refractivity contribution >= 4 is 16.6 Å². The summed E-state index contributed by atoms with van der Waals surface area (Å²) in [7, 11) is 1.64. The molecule has 0 unspecified atom stereocenters. The molecule has 0 N–H and O–H groups in total. The monoisotopic (exact) mass is 413 g/mol. The Morgan fingerprint density at radius 1 is 0.935 bits per heavy atom. The first-order valence-electron chi connectivity index (χ1n) is 10.3. The maximum absolute atomic E-state index is 13.3. The minimum absolute atomic E-state index is 0.0890. The Kier molecular flexibility index (Phi) is 5.14. The number of nitrogens with zero attached hydrogens (tertiary/aromatic N) is 3. The lowest BCUT2D eigenvalue weighted by atomic mass is 10.0. The first kappa shape index (κ1) is 19.3. The molecule has 0 radical (unpaired) electrons. The molecule has 2 heterocycles. The Hall–Kier alpha value is -3.64. The SMILES string of the molecule is COc1cccc(-c2cccc3c(=O)n(-c4ccc(N5CCOCC5)cc4)cnc23)c1. The zero-order chi connectivity index (χ0) is 21.2. The summed E-state index contributed by atoms with van der Waals surface area (Å²) in [5.41, 5.74) is 4.39. The molecule has 6 nitrogen and oxygen atoms in total. The Bertz CT molecular complexity index is 1280. The van der Waals surface area contributed by atoms with E-state index in [0.29, 0.717) is 10.9 Å². The Labute approximate surface area is 180 Å². The molecule has 0 aliphatic carbocycles. The molecule has 1 fully saturated rings. The van der Waals surface area contributed by atoms with Gasteiger partial charge in [-0.15, -0.1) is 0 Å². The number of anilines is 1. The van der Waals surface area contributed by atoms with Crippen molar-refractivity contribution in [3.63, 3.8) is 0 Å². The van der Waals surface area contributed by atoms with E-state index in [2.05, 4.69) is 9.88 Å². The number of fused-ring (bicyclic) bond motifs is 1. The van der Waals surface area contributed by atoms with Gasteiger partial charge in [0, 0.05) is 24.3 Å². The molecule has 31 heavy (non-hydrogen) atoms. The molecule has 5 rings (SSSR count). The van der Waals surface area contributed by atoms with Crippen LogP contribution >= 0.6 is 0 Å². The first-order valence-corrected chi connectivity index (χ1v) is 10.3. The van der Waals surface area contributed by atoms with Crippen LogP contribution in [0.2, 0.25) is 0 Å². The average Bonchev–Trinajstić information content (AvgIpc) is 2.85. The van der Waals surface area contributed by atoms with Gasteiger partial charge in [-0.1, -0.05) is 24.3 Å². The van der Waals surface area contributed by atoms with Crippen LogP contribution in [0.25, 0.3) is 27.7 Å². The van der Waals surface area contributed by atoms with Crippen molar-refractivity contribution in [2.75, 3.05) is 38.3 Å². The van der Waals surface area contributed by atoms with Crippen molar-refractivity contribution in [3.8, 4) is 22.6 Å². The van der Waals surface area contributed by atoms with E-state index < -0.39 is 0 Å². The van der Waals surface area contributed by atoms with Crippen molar-refractivity contribution in [1.29, 1.82) is 0 Å². The van der Waals surface area contributed by atoms with Gasteiger partial charge in [0.15, 0.2) is 0 Å². The van der Waals surface area contributed by atoms with E-state index in [1.54, 1.807) is 18.0 Å². The molecule has 3 aromatic carbocycles. The highest BCUT2D eigenvalue weighted by molar-refractivity contribution is 5.93. The summed E-state index contributed by atoms with van der Waals surface area (Å²) in [6.07, 6.45) is 1.61. The summed E-state index contributed by atoms with van der Waals surface area (Å²) >= 11 is 0. The van der Waals surface area contributed by atoms with Crippen LogP contribution < -0.4 is 15.2 Å². The second-order valence-corrected chi connectivity index (χ2v) is 7.47. The van der Waals surface area contributed by atoms with Gasteiger partial charge in [0.25, 0.3) is 5.56 Å². The smallest absolute Gasteiger partial charge is 0.265 e. The second kappa shape index (κ2) is 8.24. The molecule has 1 aromatic heterocycles. The third-order valence-corrected chi connectivity index (χ3v) is 5.67. The van der Waals surface area contributed by atoms with Crippen LogP contribution in [-0.2, 0) is 4.74 Å². The zero-order valence-corrected chi connectivity index (χ0v) is 17.3. The van der Waals surface area contributed by atoms with E-state index in [-0.39, 0.29) is 5.56 Å². The number of para-hydroxylation sites is 1. The number of hydrogen-bond acceptors (Lipinski definition) is 5. The molecule has 1 aliphatic rings. The maximum atomic E-state index is 13.3. The molecule has 4 aromatic rings. The Morgan fingerprint density at radius 2 is 1.68 bits per heavy atom. The fourth-order valence-electron chi connectivity index (χ4n) is 4.01. The number of aromatic nitrogens is 2. The summed E-state index contributed by atoms with van der Waals surface area (Å²) in [4.78, 5) is 20.2. The summed E-state index contributed by atoms with van der Waals surface area (Å²) in [6, 6.07) is 21.5. The van der Waals surface area contributed by atoms with Crippen molar-refractivity contribution in [2.45, 2.75) is 0 Å². The lowest BCUT2D eigenvalue weighted by Crippen LogP contribution is -2.36. The first-order chi connectivity index (χ1) is 15.2. The summed E-state index contributed by atoms with van der Waals surface area (Å²) in [5.74, 6) is 0.767. The Morgan fingerprint density at radius 3 is 2.45 bits per heavy atom. The second-order valence-electron chi connectivity index (χ2n) is 7.47. The Balaban J connectivity index is 1.54. The van der Waals surface area contributed by atoms with Crippen LogP contribution in [-0.4, -0.2) is 43.0 Å². The van der Waals surface area contributed by atoms with Gasteiger partial charge in [-0.25, -0.2) is 4.98 Å². The minimum atomic E-state index is -0.0890. The molecule has 0 amide bonds. The molecule has 0 bridgehead atoms.